The molecule has 1 aliphatic heterocycles. The van der Waals surface area contributed by atoms with E-state index in [0.717, 1.165) is 63.1 Å². The normalized spacial score (nSPS) is 16.5. The highest BCUT2D eigenvalue weighted by atomic mass is 16.4. The van der Waals surface area contributed by atoms with Gasteiger partial charge >= 0.3 is 5.97 Å². The average molecular weight is 422 g/mol. The Balaban J connectivity index is 1.22. The minimum Gasteiger partial charge on any atom is -0.481 e. The van der Waals surface area contributed by atoms with Crippen molar-refractivity contribution < 1.29 is 9.90 Å². The van der Waals surface area contributed by atoms with Crippen molar-refractivity contribution in [2.45, 2.75) is 63.8 Å². The Bertz CT molecular complexity index is 851. The first-order chi connectivity index (χ1) is 15.2. The molecule has 5 heteroatoms. The molecule has 2 aliphatic rings. The van der Waals surface area contributed by atoms with Crippen molar-refractivity contribution in [3.05, 3.63) is 59.3 Å². The SMILES string of the molecule is O=C(O)[C@H](CCN(CCCCc1ccc2c(n1)NCCC2)C1CC1)Cc1ccccc1. The molecule has 1 aromatic carbocycles. The molecule has 2 N–H and O–H groups in total. The summed E-state index contributed by atoms with van der Waals surface area (Å²) in [5.41, 5.74) is 3.64. The summed E-state index contributed by atoms with van der Waals surface area (Å²) in [4.78, 5) is 19.1. The number of carbonyl (C=O) groups is 1. The Labute approximate surface area is 185 Å². The van der Waals surface area contributed by atoms with Gasteiger partial charge in [-0.1, -0.05) is 36.4 Å². The first kappa shape index (κ1) is 21.8. The third-order valence-electron chi connectivity index (χ3n) is 6.58. The Morgan fingerprint density at radius 1 is 1.13 bits per heavy atom. The van der Waals surface area contributed by atoms with E-state index in [1.54, 1.807) is 0 Å². The standard InChI is InChI=1S/C26H35N3O2/c30-26(31)22(19-20-7-2-1-3-8-20)15-18-29(24-13-14-24)17-5-4-10-23-12-11-21-9-6-16-27-25(21)28-23/h1-3,7-8,11-12,22,24H,4-6,9-10,13-19H2,(H,27,28)(H,30,31)/t22-/m1/s1. The van der Waals surface area contributed by atoms with Gasteiger partial charge in [0.25, 0.3) is 0 Å². The molecule has 0 amide bonds. The highest BCUT2D eigenvalue weighted by Gasteiger charge is 2.29. The first-order valence-electron chi connectivity index (χ1n) is 11.9. The highest BCUT2D eigenvalue weighted by Crippen LogP contribution is 2.28. The molecule has 2 heterocycles. The van der Waals surface area contributed by atoms with Gasteiger partial charge in [-0.3, -0.25) is 4.79 Å². The summed E-state index contributed by atoms with van der Waals surface area (Å²) in [6, 6.07) is 15.1. The molecule has 0 bridgehead atoms. The molecule has 2 aromatic rings. The molecule has 31 heavy (non-hydrogen) atoms. The van der Waals surface area contributed by atoms with Crippen LogP contribution in [0.15, 0.2) is 42.5 Å². The van der Waals surface area contributed by atoms with Crippen molar-refractivity contribution in [1.82, 2.24) is 9.88 Å². The van der Waals surface area contributed by atoms with Crippen LogP contribution in [0.4, 0.5) is 5.82 Å². The summed E-state index contributed by atoms with van der Waals surface area (Å²) in [6.45, 7) is 2.97. The van der Waals surface area contributed by atoms with Crippen LogP contribution in [0, 0.1) is 5.92 Å². The molecule has 0 spiro atoms. The minimum atomic E-state index is -0.674. The van der Waals surface area contributed by atoms with Crippen LogP contribution in [-0.4, -0.2) is 46.6 Å². The van der Waals surface area contributed by atoms with Crippen LogP contribution < -0.4 is 5.32 Å². The van der Waals surface area contributed by atoms with Crippen LogP contribution in [0.2, 0.25) is 0 Å². The number of aromatic nitrogens is 1. The summed E-state index contributed by atoms with van der Waals surface area (Å²) in [5, 5.41) is 13.1. The molecule has 1 saturated carbocycles. The number of carboxylic acid groups (broad SMARTS) is 1. The lowest BCUT2D eigenvalue weighted by atomic mass is 9.96. The summed E-state index contributed by atoms with van der Waals surface area (Å²) in [5.74, 6) is 0.101. The number of aliphatic carboxylic acids is 1. The number of fused-ring (bicyclic) bond motifs is 1. The molecule has 166 valence electrons. The molecule has 1 fully saturated rings. The second kappa shape index (κ2) is 10.8. The molecule has 1 aliphatic carbocycles. The Hall–Kier alpha value is -2.40. The smallest absolute Gasteiger partial charge is 0.306 e. The fourth-order valence-electron chi connectivity index (χ4n) is 4.58. The lowest BCUT2D eigenvalue weighted by Gasteiger charge is -2.24. The van der Waals surface area contributed by atoms with Crippen molar-refractivity contribution in [1.29, 1.82) is 0 Å². The number of hydrogen-bond donors (Lipinski definition) is 2. The van der Waals surface area contributed by atoms with E-state index in [0.29, 0.717) is 12.5 Å². The zero-order valence-electron chi connectivity index (χ0n) is 18.4. The molecule has 0 saturated heterocycles. The van der Waals surface area contributed by atoms with E-state index < -0.39 is 5.97 Å². The number of aryl methyl sites for hydroxylation is 2. The summed E-state index contributed by atoms with van der Waals surface area (Å²) < 4.78 is 0. The maximum Gasteiger partial charge on any atom is 0.306 e. The number of benzene rings is 1. The van der Waals surface area contributed by atoms with Crippen LogP contribution in [-0.2, 0) is 24.1 Å². The third-order valence-corrected chi connectivity index (χ3v) is 6.58. The van der Waals surface area contributed by atoms with Gasteiger partial charge in [0.1, 0.15) is 5.82 Å². The second-order valence-electron chi connectivity index (χ2n) is 9.08. The van der Waals surface area contributed by atoms with Crippen molar-refractivity contribution in [3.8, 4) is 0 Å². The number of carboxylic acids is 1. The highest BCUT2D eigenvalue weighted by molar-refractivity contribution is 5.70. The van der Waals surface area contributed by atoms with E-state index in [4.69, 9.17) is 4.98 Å². The van der Waals surface area contributed by atoms with Gasteiger partial charge in [-0.2, -0.15) is 0 Å². The molecule has 4 rings (SSSR count). The van der Waals surface area contributed by atoms with Crippen molar-refractivity contribution in [2.75, 3.05) is 25.0 Å². The Morgan fingerprint density at radius 3 is 2.74 bits per heavy atom. The minimum absolute atomic E-state index is 0.309. The van der Waals surface area contributed by atoms with Crippen LogP contribution in [0.5, 0.6) is 0 Å². The van der Waals surface area contributed by atoms with Crippen LogP contribution >= 0.6 is 0 Å². The fraction of sp³-hybridized carbons (Fsp3) is 0.538. The molecular weight excluding hydrogens is 386 g/mol. The van der Waals surface area contributed by atoms with E-state index >= 15 is 0 Å². The molecule has 0 unspecified atom stereocenters. The van der Waals surface area contributed by atoms with Gasteiger partial charge in [-0.05, 0) is 88.1 Å². The summed E-state index contributed by atoms with van der Waals surface area (Å²) >= 11 is 0. The lowest BCUT2D eigenvalue weighted by Crippen LogP contribution is -2.31. The van der Waals surface area contributed by atoms with E-state index in [1.807, 2.05) is 30.3 Å². The topological polar surface area (TPSA) is 65.5 Å². The van der Waals surface area contributed by atoms with Gasteiger partial charge in [0, 0.05) is 18.3 Å². The lowest BCUT2D eigenvalue weighted by molar-refractivity contribution is -0.142. The molecule has 1 aromatic heterocycles. The van der Waals surface area contributed by atoms with Gasteiger partial charge in [0.15, 0.2) is 0 Å². The van der Waals surface area contributed by atoms with Gasteiger partial charge in [0.05, 0.1) is 5.92 Å². The fourth-order valence-corrected chi connectivity index (χ4v) is 4.58. The maximum atomic E-state index is 11.8. The average Bonchev–Trinajstić information content (AvgIpc) is 3.63. The monoisotopic (exact) mass is 421 g/mol. The number of pyridine rings is 1. The zero-order chi connectivity index (χ0) is 21.5. The maximum absolute atomic E-state index is 11.8. The quantitative estimate of drug-likeness (QED) is 0.492. The van der Waals surface area contributed by atoms with Crippen molar-refractivity contribution in [2.24, 2.45) is 5.92 Å². The predicted octanol–water partition coefficient (Wildman–Crippen LogP) is 4.56. The Morgan fingerprint density at radius 2 is 1.97 bits per heavy atom. The Kier molecular flexibility index (Phi) is 7.57. The van der Waals surface area contributed by atoms with E-state index in [1.165, 1.54) is 30.5 Å². The van der Waals surface area contributed by atoms with Crippen molar-refractivity contribution in [3.63, 3.8) is 0 Å². The van der Waals surface area contributed by atoms with E-state index in [-0.39, 0.29) is 5.92 Å². The molecule has 5 nitrogen and oxygen atoms in total. The van der Waals surface area contributed by atoms with Crippen LogP contribution in [0.25, 0.3) is 0 Å². The van der Waals surface area contributed by atoms with Gasteiger partial charge < -0.3 is 15.3 Å². The summed E-state index contributed by atoms with van der Waals surface area (Å²) in [6.07, 6.45) is 9.46. The first-order valence-corrected chi connectivity index (χ1v) is 11.9. The largest absolute Gasteiger partial charge is 0.481 e. The number of hydrogen-bond acceptors (Lipinski definition) is 4. The van der Waals surface area contributed by atoms with Gasteiger partial charge in [-0.15, -0.1) is 0 Å². The van der Waals surface area contributed by atoms with Crippen molar-refractivity contribution >= 4 is 11.8 Å². The number of unbranched alkanes of at least 4 members (excludes halogenated alkanes) is 1. The predicted molar refractivity (Wildman–Crippen MR) is 124 cm³/mol. The number of anilines is 1. The van der Waals surface area contributed by atoms with Gasteiger partial charge in [-0.25, -0.2) is 4.98 Å². The van der Waals surface area contributed by atoms with Crippen LogP contribution in [0.1, 0.15) is 55.3 Å². The summed E-state index contributed by atoms with van der Waals surface area (Å²) in [7, 11) is 0. The van der Waals surface area contributed by atoms with E-state index in [9.17, 15) is 9.90 Å². The molecule has 0 radical (unpaired) electrons. The number of rotatable bonds is 12. The zero-order valence-corrected chi connectivity index (χ0v) is 18.4. The number of nitrogens with zero attached hydrogens (tertiary/aromatic N) is 2. The third kappa shape index (κ3) is 6.54. The molecular formula is C26H35N3O2. The number of nitrogens with one attached hydrogen (secondary N) is 1. The van der Waals surface area contributed by atoms with Gasteiger partial charge in [0.2, 0.25) is 0 Å². The molecule has 1 atom stereocenters. The van der Waals surface area contributed by atoms with Crippen LogP contribution in [0.3, 0.4) is 0 Å². The second-order valence-corrected chi connectivity index (χ2v) is 9.08. The van der Waals surface area contributed by atoms with E-state index in [2.05, 4.69) is 22.3 Å².